The fraction of sp³-hybridized carbons (Fsp3) is 0.360. The Balaban J connectivity index is 1.72. The number of aryl methyl sites for hydroxylation is 1. The van der Waals surface area contributed by atoms with Crippen LogP contribution in [0.1, 0.15) is 42.5 Å². The molecule has 0 bridgehead atoms. The Hall–Kier alpha value is -2.36. The molecule has 3 nitrogen and oxygen atoms in total. The molecule has 1 heterocycles. The van der Waals surface area contributed by atoms with Crippen molar-refractivity contribution in [2.45, 2.75) is 37.6 Å². The number of H-pyrrole nitrogens is 1. The maximum atomic E-state index is 5.82. The summed E-state index contributed by atoms with van der Waals surface area (Å²) in [6.07, 6.45) is 7.76. The predicted molar refractivity (Wildman–Crippen MR) is 119 cm³/mol. The first-order chi connectivity index (χ1) is 13.7. The van der Waals surface area contributed by atoms with E-state index in [1.165, 1.54) is 33.3 Å². The van der Waals surface area contributed by atoms with E-state index in [0.717, 1.165) is 38.6 Å². The Bertz CT molecular complexity index is 968. The highest BCUT2D eigenvalue weighted by atomic mass is 15.1. The van der Waals surface area contributed by atoms with E-state index in [1.54, 1.807) is 0 Å². The molecule has 0 radical (unpaired) electrons. The number of rotatable bonds is 6. The number of hydrogen-bond donors (Lipinski definition) is 2. The summed E-state index contributed by atoms with van der Waals surface area (Å²) in [6.45, 7) is 0.732. The van der Waals surface area contributed by atoms with E-state index in [2.05, 4.69) is 84.7 Å². The smallest absolute Gasteiger partial charge is 0.0492 e. The largest absolute Gasteiger partial charge is 0.355 e. The molecule has 0 fully saturated rings. The molecule has 1 atom stereocenters. The van der Waals surface area contributed by atoms with Gasteiger partial charge in [-0.05, 0) is 75.5 Å². The molecule has 0 aliphatic heterocycles. The number of nitrogens with zero attached hydrogens (tertiary/aromatic N) is 1. The fourth-order valence-electron chi connectivity index (χ4n) is 4.75. The van der Waals surface area contributed by atoms with Crippen molar-refractivity contribution in [3.8, 4) is 0 Å². The summed E-state index contributed by atoms with van der Waals surface area (Å²) in [5.41, 5.74) is 12.8. The minimum atomic E-state index is 0.0776. The Morgan fingerprint density at radius 1 is 1.04 bits per heavy atom. The van der Waals surface area contributed by atoms with Crippen LogP contribution < -0.4 is 5.73 Å². The van der Waals surface area contributed by atoms with Gasteiger partial charge in [0, 0.05) is 22.1 Å². The normalized spacial score (nSPS) is 19.9. The van der Waals surface area contributed by atoms with Gasteiger partial charge in [0.25, 0.3) is 0 Å². The summed E-state index contributed by atoms with van der Waals surface area (Å²) in [6, 6.07) is 19.6. The van der Waals surface area contributed by atoms with Gasteiger partial charge in [0.1, 0.15) is 0 Å². The number of benzene rings is 2. The highest BCUT2D eigenvalue weighted by Crippen LogP contribution is 2.43. The number of nitrogens with two attached hydrogens (primary N) is 1. The lowest BCUT2D eigenvalue weighted by Gasteiger charge is -2.43. The first-order valence-corrected chi connectivity index (χ1v) is 10.4. The van der Waals surface area contributed by atoms with E-state index in [0.29, 0.717) is 0 Å². The van der Waals surface area contributed by atoms with Crippen molar-refractivity contribution in [1.29, 1.82) is 0 Å². The molecule has 0 saturated carbocycles. The molecule has 3 heteroatoms. The second kappa shape index (κ2) is 7.94. The highest BCUT2D eigenvalue weighted by Gasteiger charge is 2.36. The maximum Gasteiger partial charge on any atom is 0.0492 e. The van der Waals surface area contributed by atoms with Crippen LogP contribution in [-0.4, -0.2) is 30.5 Å². The zero-order valence-corrected chi connectivity index (χ0v) is 17.0. The zero-order valence-electron chi connectivity index (χ0n) is 17.0. The first kappa shape index (κ1) is 19.0. The number of fused-ring (bicyclic) bond motifs is 1. The van der Waals surface area contributed by atoms with Gasteiger partial charge in [0.2, 0.25) is 0 Å². The molecule has 2 aromatic carbocycles. The molecule has 1 aliphatic carbocycles. The molecule has 3 aromatic rings. The summed E-state index contributed by atoms with van der Waals surface area (Å²) in [5.74, 6) is 0. The van der Waals surface area contributed by atoms with Gasteiger partial charge in [-0.2, -0.15) is 0 Å². The van der Waals surface area contributed by atoms with E-state index in [4.69, 9.17) is 5.73 Å². The summed E-state index contributed by atoms with van der Waals surface area (Å²) in [5, 5.41) is 1.35. The van der Waals surface area contributed by atoms with Crippen LogP contribution in [0.4, 0.5) is 0 Å². The second-order valence-electron chi connectivity index (χ2n) is 8.14. The molecular weight excluding hydrogens is 342 g/mol. The van der Waals surface area contributed by atoms with Gasteiger partial charge in [-0.1, -0.05) is 54.6 Å². The molecule has 4 rings (SSSR count). The molecule has 146 valence electrons. The van der Waals surface area contributed by atoms with Crippen LogP contribution in [0.25, 0.3) is 16.5 Å². The van der Waals surface area contributed by atoms with Crippen LogP contribution in [0.3, 0.4) is 0 Å². The van der Waals surface area contributed by atoms with Crippen molar-refractivity contribution in [1.82, 2.24) is 9.88 Å². The van der Waals surface area contributed by atoms with Gasteiger partial charge in [-0.15, -0.1) is 0 Å². The molecule has 0 amide bonds. The van der Waals surface area contributed by atoms with Crippen molar-refractivity contribution in [2.75, 3.05) is 20.6 Å². The summed E-state index contributed by atoms with van der Waals surface area (Å²) in [4.78, 5) is 6.12. The summed E-state index contributed by atoms with van der Waals surface area (Å²) < 4.78 is 0. The van der Waals surface area contributed by atoms with Gasteiger partial charge in [-0.3, -0.25) is 4.90 Å². The average Bonchev–Trinajstić information content (AvgIpc) is 3.11. The van der Waals surface area contributed by atoms with Crippen LogP contribution in [0.5, 0.6) is 0 Å². The van der Waals surface area contributed by atoms with Crippen molar-refractivity contribution < 1.29 is 0 Å². The lowest BCUT2D eigenvalue weighted by atomic mass is 9.75. The number of aromatic amines is 1. The monoisotopic (exact) mass is 373 g/mol. The molecule has 3 N–H and O–H groups in total. The third-order valence-corrected chi connectivity index (χ3v) is 6.43. The van der Waals surface area contributed by atoms with Gasteiger partial charge in [0.05, 0.1) is 0 Å². The molecule has 0 spiro atoms. The van der Waals surface area contributed by atoms with Crippen LogP contribution in [-0.2, 0) is 12.0 Å². The molecule has 0 saturated heterocycles. The van der Waals surface area contributed by atoms with Gasteiger partial charge >= 0.3 is 0 Å². The Labute approximate surface area is 168 Å². The van der Waals surface area contributed by atoms with Gasteiger partial charge < -0.3 is 10.7 Å². The number of allylic oxidation sites excluding steroid dienone is 1. The van der Waals surface area contributed by atoms with Crippen molar-refractivity contribution in [3.63, 3.8) is 0 Å². The van der Waals surface area contributed by atoms with E-state index in [1.807, 2.05) is 0 Å². The molecular formula is C25H31N3. The lowest BCUT2D eigenvalue weighted by Crippen LogP contribution is -2.42. The Morgan fingerprint density at radius 3 is 2.46 bits per heavy atom. The number of nitrogens with one attached hydrogen (secondary N) is 1. The fourth-order valence-corrected chi connectivity index (χ4v) is 4.75. The van der Waals surface area contributed by atoms with E-state index in [9.17, 15) is 0 Å². The molecule has 1 aromatic heterocycles. The van der Waals surface area contributed by atoms with Crippen molar-refractivity contribution >= 4 is 16.5 Å². The topological polar surface area (TPSA) is 45.0 Å². The van der Waals surface area contributed by atoms with E-state index >= 15 is 0 Å². The van der Waals surface area contributed by atoms with Crippen molar-refractivity contribution in [3.05, 3.63) is 77.5 Å². The number of para-hydroxylation sites is 1. The van der Waals surface area contributed by atoms with Crippen LogP contribution in [0, 0.1) is 0 Å². The summed E-state index contributed by atoms with van der Waals surface area (Å²) in [7, 11) is 4.42. The Morgan fingerprint density at radius 2 is 1.79 bits per heavy atom. The predicted octanol–water partition coefficient (Wildman–Crippen LogP) is 5.08. The Kier molecular flexibility index (Phi) is 5.38. The van der Waals surface area contributed by atoms with Gasteiger partial charge in [-0.25, -0.2) is 0 Å². The lowest BCUT2D eigenvalue weighted by molar-refractivity contribution is 0.138. The standard InChI is InChI=1S/C25H31N3/c1-28(2)25(20-9-4-3-5-10-20)16-14-19(15-17-25)24-22(12-8-18-26)21-11-6-7-13-23(21)27-24/h3-7,9-11,13-14,27H,8,12,15-18,26H2,1-2H3. The SMILES string of the molecule is CN(C)C1(c2ccccc2)CC=C(c2[nH]c3ccccc3c2CCCN)CC1. The second-order valence-corrected chi connectivity index (χ2v) is 8.14. The third-order valence-electron chi connectivity index (χ3n) is 6.43. The maximum absolute atomic E-state index is 5.82. The van der Waals surface area contributed by atoms with Crippen LogP contribution in [0.2, 0.25) is 0 Å². The van der Waals surface area contributed by atoms with Crippen molar-refractivity contribution in [2.24, 2.45) is 5.73 Å². The minimum absolute atomic E-state index is 0.0776. The first-order valence-electron chi connectivity index (χ1n) is 10.4. The highest BCUT2D eigenvalue weighted by molar-refractivity contribution is 5.89. The molecule has 28 heavy (non-hydrogen) atoms. The van der Waals surface area contributed by atoms with Gasteiger partial charge in [0.15, 0.2) is 0 Å². The summed E-state index contributed by atoms with van der Waals surface area (Å²) >= 11 is 0. The van der Waals surface area contributed by atoms with Crippen LogP contribution in [0.15, 0.2) is 60.7 Å². The molecule has 1 unspecified atom stereocenters. The van der Waals surface area contributed by atoms with E-state index < -0.39 is 0 Å². The average molecular weight is 374 g/mol. The number of aromatic nitrogens is 1. The quantitative estimate of drug-likeness (QED) is 0.632. The number of hydrogen-bond acceptors (Lipinski definition) is 2. The minimum Gasteiger partial charge on any atom is -0.355 e. The van der Waals surface area contributed by atoms with Crippen LogP contribution >= 0.6 is 0 Å². The third kappa shape index (κ3) is 3.30. The molecule has 1 aliphatic rings. The van der Waals surface area contributed by atoms with E-state index in [-0.39, 0.29) is 5.54 Å². The zero-order chi connectivity index (χ0) is 19.6.